The fraction of sp³-hybridized carbons (Fsp3) is 0.429. The second-order valence-corrected chi connectivity index (χ2v) is 9.05. The van der Waals surface area contributed by atoms with E-state index in [1.807, 2.05) is 0 Å². The highest BCUT2D eigenvalue weighted by Crippen LogP contribution is 2.42. The minimum absolute atomic E-state index is 0.0577. The number of hydrogen-bond donors (Lipinski definition) is 2. The number of hydrogen-bond acceptors (Lipinski definition) is 7. The highest BCUT2D eigenvalue weighted by molar-refractivity contribution is 6.46. The van der Waals surface area contributed by atoms with Crippen molar-refractivity contribution in [3.8, 4) is 23.0 Å². The lowest BCUT2D eigenvalue weighted by Gasteiger charge is -2.28. The minimum Gasteiger partial charge on any atom is -0.872 e. The van der Waals surface area contributed by atoms with Crippen molar-refractivity contribution in [1.82, 2.24) is 4.90 Å². The van der Waals surface area contributed by atoms with Gasteiger partial charge in [-0.15, -0.1) is 0 Å². The molecule has 1 fully saturated rings. The Balaban J connectivity index is 1.77. The number of ether oxygens (including phenoxy) is 3. The van der Waals surface area contributed by atoms with E-state index in [2.05, 4.69) is 13.8 Å². The van der Waals surface area contributed by atoms with Gasteiger partial charge < -0.3 is 34.2 Å². The molecule has 0 bridgehead atoms. The van der Waals surface area contributed by atoms with Crippen LogP contribution in [0.4, 0.5) is 0 Å². The van der Waals surface area contributed by atoms with Gasteiger partial charge in [0, 0.05) is 18.5 Å². The Bertz CT molecular complexity index is 1190. The molecule has 2 aromatic rings. The molecule has 0 radical (unpaired) electrons. The number of carbonyl (C=O) groups is 2. The first kappa shape index (κ1) is 26.3. The van der Waals surface area contributed by atoms with Crippen molar-refractivity contribution in [1.29, 1.82) is 0 Å². The number of phenolic OH excluding ortho intramolecular Hbond substituents is 1. The van der Waals surface area contributed by atoms with Crippen LogP contribution >= 0.6 is 0 Å². The lowest BCUT2D eigenvalue weighted by molar-refractivity contribution is -0.896. The van der Waals surface area contributed by atoms with E-state index in [4.69, 9.17) is 14.2 Å². The first-order valence-corrected chi connectivity index (χ1v) is 12.8. The van der Waals surface area contributed by atoms with Gasteiger partial charge in [-0.25, -0.2) is 0 Å². The van der Waals surface area contributed by atoms with Gasteiger partial charge in [0.2, 0.25) is 5.78 Å². The first-order valence-electron chi connectivity index (χ1n) is 12.8. The monoisotopic (exact) mass is 510 g/mol. The largest absolute Gasteiger partial charge is 0.872 e. The molecule has 1 atom stereocenters. The molecule has 0 aromatic heterocycles. The summed E-state index contributed by atoms with van der Waals surface area (Å²) in [7, 11) is 0. The molecule has 2 aliphatic heterocycles. The summed E-state index contributed by atoms with van der Waals surface area (Å²) in [5, 5.41) is 24.0. The van der Waals surface area contributed by atoms with Crippen LogP contribution in [0.5, 0.6) is 23.0 Å². The van der Waals surface area contributed by atoms with Gasteiger partial charge in [-0.2, -0.15) is 0 Å². The molecule has 37 heavy (non-hydrogen) atoms. The maximum absolute atomic E-state index is 13.8. The van der Waals surface area contributed by atoms with Gasteiger partial charge in [-0.05, 0) is 56.2 Å². The molecule has 0 saturated carbocycles. The number of Topliss-reactive ketones (excluding diaryl/α,β-unsaturated/α-hetero) is 1. The summed E-state index contributed by atoms with van der Waals surface area (Å²) in [6.07, 6.45) is 0.675. The van der Waals surface area contributed by atoms with Crippen molar-refractivity contribution in [2.75, 3.05) is 46.0 Å². The van der Waals surface area contributed by atoms with Crippen molar-refractivity contribution in [2.45, 2.75) is 33.2 Å². The minimum atomic E-state index is -0.896. The van der Waals surface area contributed by atoms with E-state index >= 15 is 0 Å². The van der Waals surface area contributed by atoms with E-state index < -0.39 is 23.5 Å². The Morgan fingerprint density at radius 1 is 1.08 bits per heavy atom. The third kappa shape index (κ3) is 5.36. The molecule has 0 spiro atoms. The summed E-state index contributed by atoms with van der Waals surface area (Å²) in [6.45, 7) is 10.2. The highest BCUT2D eigenvalue weighted by atomic mass is 16.6. The Morgan fingerprint density at radius 2 is 1.81 bits per heavy atom. The number of fused-ring (bicyclic) bond motifs is 1. The quantitative estimate of drug-likeness (QED) is 0.280. The molecule has 2 heterocycles. The normalized spacial score (nSPS) is 18.5. The van der Waals surface area contributed by atoms with E-state index in [0.29, 0.717) is 49.8 Å². The van der Waals surface area contributed by atoms with Crippen LogP contribution in [0, 0.1) is 0 Å². The summed E-state index contributed by atoms with van der Waals surface area (Å²) in [4.78, 5) is 29.4. The number of carbonyl (C=O) groups excluding carboxylic acids is 2. The number of likely N-dealkylation sites (tertiary alicyclic amines) is 1. The average Bonchev–Trinajstić information content (AvgIpc) is 3.16. The Labute approximate surface area is 216 Å². The second kappa shape index (κ2) is 11.6. The van der Waals surface area contributed by atoms with Crippen LogP contribution in [0.1, 0.15) is 44.4 Å². The molecule has 1 saturated heterocycles. The van der Waals surface area contributed by atoms with Gasteiger partial charge in [0.1, 0.15) is 13.2 Å². The second-order valence-electron chi connectivity index (χ2n) is 9.05. The molecule has 9 heteroatoms. The van der Waals surface area contributed by atoms with Crippen LogP contribution in [0.3, 0.4) is 0 Å². The lowest BCUT2D eigenvalue weighted by Crippen LogP contribution is -3.11. The first-order chi connectivity index (χ1) is 17.9. The molecule has 0 aliphatic carbocycles. The van der Waals surface area contributed by atoms with E-state index in [9.17, 15) is 19.8 Å². The zero-order valence-corrected chi connectivity index (χ0v) is 21.5. The van der Waals surface area contributed by atoms with Crippen LogP contribution in [0.15, 0.2) is 42.0 Å². The maximum atomic E-state index is 13.8. The topological polar surface area (TPSA) is 113 Å². The van der Waals surface area contributed by atoms with Crippen LogP contribution in [-0.4, -0.2) is 67.7 Å². The van der Waals surface area contributed by atoms with E-state index in [1.165, 1.54) is 15.9 Å². The molecule has 9 nitrogen and oxygen atoms in total. The van der Waals surface area contributed by atoms with Gasteiger partial charge >= 0.3 is 0 Å². The number of rotatable bonds is 10. The van der Waals surface area contributed by atoms with Crippen molar-refractivity contribution >= 4 is 17.4 Å². The average molecular weight is 511 g/mol. The fourth-order valence-corrected chi connectivity index (χ4v) is 4.86. The van der Waals surface area contributed by atoms with Gasteiger partial charge in [0.15, 0.2) is 23.0 Å². The third-order valence-electron chi connectivity index (χ3n) is 6.86. The van der Waals surface area contributed by atoms with Crippen LogP contribution in [0.2, 0.25) is 0 Å². The van der Waals surface area contributed by atoms with Crippen LogP contribution < -0.4 is 24.2 Å². The zero-order chi connectivity index (χ0) is 26.5. The number of phenols is 1. The van der Waals surface area contributed by atoms with Gasteiger partial charge in [-0.1, -0.05) is 17.9 Å². The maximum Gasteiger partial charge on any atom is 0.295 e. The number of ketones is 1. The summed E-state index contributed by atoms with van der Waals surface area (Å²) in [6, 6.07) is 8.53. The van der Waals surface area contributed by atoms with Gasteiger partial charge in [0.25, 0.3) is 5.91 Å². The summed E-state index contributed by atoms with van der Waals surface area (Å²) >= 11 is 0. The van der Waals surface area contributed by atoms with Crippen molar-refractivity contribution in [3.05, 3.63) is 53.1 Å². The molecule has 2 aliphatic rings. The molecule has 198 valence electrons. The standard InChI is InChI=1S/C28H34N2O7/c1-4-29(5-2)12-7-13-30-25(18-8-10-20(31)22(16-18)35-6-3)24(27(33)28(30)34)26(32)19-9-11-21-23(17-19)37-15-14-36-21/h8-11,16-17,25,31-32H,4-7,12-15H2,1-3H3/b26-24+. The van der Waals surface area contributed by atoms with E-state index in [1.54, 1.807) is 37.3 Å². The number of quaternary nitrogens is 1. The smallest absolute Gasteiger partial charge is 0.295 e. The Hall–Kier alpha value is -3.72. The Morgan fingerprint density at radius 3 is 2.51 bits per heavy atom. The lowest BCUT2D eigenvalue weighted by atomic mass is 9.94. The van der Waals surface area contributed by atoms with Gasteiger partial charge in [-0.3, -0.25) is 9.59 Å². The number of nitrogens with one attached hydrogen (secondary N) is 1. The SMILES string of the molecule is CCOc1cc(C2/C(=C(\[O-])c3ccc4c(c3)OCCO4)C(=O)C(=O)N2CCC[NH+](CC)CC)ccc1O. The molecular weight excluding hydrogens is 476 g/mol. The molecule has 2 aromatic carbocycles. The number of amides is 1. The van der Waals surface area contributed by atoms with Crippen molar-refractivity contribution in [3.63, 3.8) is 0 Å². The predicted molar refractivity (Wildman–Crippen MR) is 135 cm³/mol. The number of benzene rings is 2. The summed E-state index contributed by atoms with van der Waals surface area (Å²) in [5.41, 5.74) is 0.644. The number of aromatic hydroxyl groups is 1. The fourth-order valence-electron chi connectivity index (χ4n) is 4.86. The van der Waals surface area contributed by atoms with E-state index in [0.717, 1.165) is 19.6 Å². The number of nitrogens with zero attached hydrogens (tertiary/aromatic N) is 1. The predicted octanol–water partition coefficient (Wildman–Crippen LogP) is 1.10. The zero-order valence-electron chi connectivity index (χ0n) is 21.5. The highest BCUT2D eigenvalue weighted by Gasteiger charge is 2.44. The van der Waals surface area contributed by atoms with Gasteiger partial charge in [0.05, 0.1) is 32.3 Å². The summed E-state index contributed by atoms with van der Waals surface area (Å²) in [5.74, 6) is -0.934. The summed E-state index contributed by atoms with van der Waals surface area (Å²) < 4.78 is 16.7. The van der Waals surface area contributed by atoms with Crippen LogP contribution in [0.25, 0.3) is 5.76 Å². The third-order valence-corrected chi connectivity index (χ3v) is 6.86. The molecular formula is C28H34N2O7. The molecule has 1 amide bonds. The Kier molecular flexibility index (Phi) is 8.23. The molecule has 4 rings (SSSR count). The van der Waals surface area contributed by atoms with Crippen LogP contribution in [-0.2, 0) is 9.59 Å². The van der Waals surface area contributed by atoms with Crippen molar-refractivity contribution in [2.24, 2.45) is 0 Å². The molecule has 1 unspecified atom stereocenters. The van der Waals surface area contributed by atoms with Crippen molar-refractivity contribution < 1.29 is 38.9 Å². The van der Waals surface area contributed by atoms with E-state index in [-0.39, 0.29) is 22.6 Å². The molecule has 2 N–H and O–H groups in total.